The summed E-state index contributed by atoms with van der Waals surface area (Å²) >= 11 is 1.36. The zero-order chi connectivity index (χ0) is 21.2. The molecule has 1 aromatic heterocycles. The van der Waals surface area contributed by atoms with Crippen LogP contribution < -0.4 is 14.8 Å². The van der Waals surface area contributed by atoms with Crippen molar-refractivity contribution in [2.75, 3.05) is 19.5 Å². The Balaban J connectivity index is 1.92. The molecule has 0 aliphatic heterocycles. The van der Waals surface area contributed by atoms with Crippen LogP contribution in [-0.4, -0.2) is 31.2 Å². The second-order valence-electron chi connectivity index (χ2n) is 6.71. The van der Waals surface area contributed by atoms with E-state index < -0.39 is 23.1 Å². The molecule has 29 heavy (non-hydrogen) atoms. The topological polar surface area (TPSA) is 84.9 Å². The number of ether oxygens (including phenoxy) is 2. The molecule has 3 rings (SSSR count). The first kappa shape index (κ1) is 20.6. The smallest absolute Gasteiger partial charge is 0.319 e. The number of carboxylic acid groups (broad SMARTS) is 1. The van der Waals surface area contributed by atoms with E-state index in [1.54, 1.807) is 18.2 Å². The lowest BCUT2D eigenvalue weighted by molar-refractivity contribution is -0.152. The quantitative estimate of drug-likeness (QED) is 0.559. The zero-order valence-electron chi connectivity index (χ0n) is 16.1. The van der Waals surface area contributed by atoms with Crippen molar-refractivity contribution in [3.8, 4) is 11.5 Å². The van der Waals surface area contributed by atoms with Gasteiger partial charge >= 0.3 is 5.97 Å². The molecule has 8 heteroatoms. The summed E-state index contributed by atoms with van der Waals surface area (Å²) in [6, 6.07) is 11.0. The summed E-state index contributed by atoms with van der Waals surface area (Å²) in [7, 11) is 3.07. The number of benzene rings is 2. The number of amides is 1. The van der Waals surface area contributed by atoms with Crippen molar-refractivity contribution >= 4 is 39.0 Å². The highest BCUT2D eigenvalue weighted by Crippen LogP contribution is 2.38. The number of aliphatic carboxylic acids is 1. The Bertz CT molecular complexity index is 1040. The first-order valence-corrected chi connectivity index (χ1v) is 9.54. The fraction of sp³-hybridized carbons (Fsp3) is 0.238. The highest BCUT2D eigenvalue weighted by Gasteiger charge is 2.42. The van der Waals surface area contributed by atoms with Gasteiger partial charge in [0.15, 0.2) is 11.5 Å². The molecule has 2 N–H and O–H groups in total. The number of carbonyl (C=O) groups is 2. The normalized spacial score (nSPS) is 13.0. The number of hydrogen-bond donors (Lipinski definition) is 2. The lowest BCUT2D eigenvalue weighted by Crippen LogP contribution is -2.42. The van der Waals surface area contributed by atoms with Crippen molar-refractivity contribution in [3.63, 3.8) is 0 Å². The van der Waals surface area contributed by atoms with Gasteiger partial charge < -0.3 is 19.9 Å². The van der Waals surface area contributed by atoms with E-state index in [1.807, 2.05) is 6.07 Å². The number of hydrogen-bond acceptors (Lipinski definition) is 5. The molecule has 1 amide bonds. The summed E-state index contributed by atoms with van der Waals surface area (Å²) in [4.78, 5) is 25.4. The van der Waals surface area contributed by atoms with Crippen molar-refractivity contribution in [1.82, 2.24) is 0 Å². The Morgan fingerprint density at radius 1 is 1.14 bits per heavy atom. The summed E-state index contributed by atoms with van der Waals surface area (Å²) < 4.78 is 25.3. The van der Waals surface area contributed by atoms with Gasteiger partial charge in [-0.1, -0.05) is 12.1 Å². The van der Waals surface area contributed by atoms with Gasteiger partial charge in [0, 0.05) is 22.1 Å². The van der Waals surface area contributed by atoms with Gasteiger partial charge in [-0.05, 0) is 36.6 Å². The third kappa shape index (κ3) is 4.02. The molecule has 0 saturated heterocycles. The van der Waals surface area contributed by atoms with Gasteiger partial charge in [-0.25, -0.2) is 4.39 Å². The predicted molar refractivity (Wildman–Crippen MR) is 109 cm³/mol. The van der Waals surface area contributed by atoms with Crippen LogP contribution >= 0.6 is 11.3 Å². The van der Waals surface area contributed by atoms with Crippen molar-refractivity contribution in [2.24, 2.45) is 5.41 Å². The molecule has 0 spiro atoms. The van der Waals surface area contributed by atoms with E-state index in [-0.39, 0.29) is 12.1 Å². The van der Waals surface area contributed by atoms with Crippen LogP contribution in [0.25, 0.3) is 10.1 Å². The number of fused-ring (bicyclic) bond motifs is 1. The fourth-order valence-electron chi connectivity index (χ4n) is 2.93. The summed E-state index contributed by atoms with van der Waals surface area (Å²) in [6.07, 6.45) is -0.0490. The molecule has 1 heterocycles. The Morgan fingerprint density at radius 3 is 2.41 bits per heavy atom. The molecular formula is C21H20FNO5S. The van der Waals surface area contributed by atoms with Crippen molar-refractivity contribution in [1.29, 1.82) is 0 Å². The minimum absolute atomic E-state index is 0.0490. The summed E-state index contributed by atoms with van der Waals surface area (Å²) in [6.45, 7) is 1.33. The molecular weight excluding hydrogens is 397 g/mol. The zero-order valence-corrected chi connectivity index (χ0v) is 16.9. The number of para-hydroxylation sites is 1. The Hall–Kier alpha value is -3.13. The SMILES string of the molecule is COc1cc2cc(CC(C)(C(=O)O)C(=O)Nc3ccccc3F)sc2cc1OC. The maximum atomic E-state index is 13.9. The van der Waals surface area contributed by atoms with E-state index in [4.69, 9.17) is 9.47 Å². The third-order valence-corrected chi connectivity index (χ3v) is 5.79. The van der Waals surface area contributed by atoms with E-state index in [9.17, 15) is 19.1 Å². The second-order valence-corrected chi connectivity index (χ2v) is 7.87. The molecule has 3 aromatic rings. The minimum Gasteiger partial charge on any atom is -0.493 e. The van der Waals surface area contributed by atoms with E-state index >= 15 is 0 Å². The molecule has 0 aliphatic carbocycles. The Kier molecular flexibility index (Phi) is 5.74. The lowest BCUT2D eigenvalue weighted by atomic mass is 9.85. The standard InChI is InChI=1S/C21H20FNO5S/c1-21(20(25)26,19(24)23-15-7-5-4-6-14(15)22)11-13-8-12-9-16(27-2)17(28-3)10-18(12)29-13/h4-10H,11H2,1-3H3,(H,23,24)(H,25,26). The molecule has 0 aliphatic rings. The predicted octanol–water partition coefficient (Wildman–Crippen LogP) is 4.33. The van der Waals surface area contributed by atoms with Gasteiger partial charge in [-0.3, -0.25) is 9.59 Å². The number of methoxy groups -OCH3 is 2. The summed E-state index contributed by atoms with van der Waals surface area (Å²) in [5.74, 6) is -1.59. The number of carboxylic acids is 1. The van der Waals surface area contributed by atoms with Gasteiger partial charge in [-0.2, -0.15) is 0 Å². The van der Waals surface area contributed by atoms with Gasteiger partial charge in [0.05, 0.1) is 19.9 Å². The number of halogens is 1. The Labute approximate surface area is 170 Å². The maximum absolute atomic E-state index is 13.9. The minimum atomic E-state index is -1.78. The van der Waals surface area contributed by atoms with E-state index in [0.717, 1.165) is 10.1 Å². The lowest BCUT2D eigenvalue weighted by Gasteiger charge is -2.23. The van der Waals surface area contributed by atoms with Crippen LogP contribution in [0.2, 0.25) is 0 Å². The number of anilines is 1. The Morgan fingerprint density at radius 2 is 1.79 bits per heavy atom. The van der Waals surface area contributed by atoms with Crippen molar-refractivity contribution in [2.45, 2.75) is 13.3 Å². The molecule has 0 bridgehead atoms. The maximum Gasteiger partial charge on any atom is 0.319 e. The van der Waals surface area contributed by atoms with Gasteiger partial charge in [-0.15, -0.1) is 11.3 Å². The van der Waals surface area contributed by atoms with Gasteiger partial charge in [0.2, 0.25) is 5.91 Å². The number of carbonyl (C=O) groups excluding carboxylic acids is 1. The van der Waals surface area contributed by atoms with Crippen LogP contribution in [0.5, 0.6) is 11.5 Å². The molecule has 0 radical (unpaired) electrons. The van der Waals surface area contributed by atoms with Gasteiger partial charge in [0.1, 0.15) is 11.2 Å². The third-order valence-electron chi connectivity index (χ3n) is 4.70. The van der Waals surface area contributed by atoms with Crippen molar-refractivity contribution in [3.05, 3.63) is 53.2 Å². The van der Waals surface area contributed by atoms with E-state index in [0.29, 0.717) is 16.4 Å². The summed E-state index contributed by atoms with van der Waals surface area (Å²) in [5, 5.41) is 13.0. The van der Waals surface area contributed by atoms with Crippen LogP contribution in [0.1, 0.15) is 11.8 Å². The molecule has 2 aromatic carbocycles. The highest BCUT2D eigenvalue weighted by atomic mass is 32.1. The number of nitrogens with one attached hydrogen (secondary N) is 1. The average Bonchev–Trinajstić information content (AvgIpc) is 3.08. The first-order chi connectivity index (χ1) is 13.8. The van der Waals surface area contributed by atoms with Gasteiger partial charge in [0.25, 0.3) is 0 Å². The summed E-state index contributed by atoms with van der Waals surface area (Å²) in [5.41, 5.74) is -1.84. The molecule has 1 atom stereocenters. The monoisotopic (exact) mass is 417 g/mol. The van der Waals surface area contributed by atoms with E-state index in [1.165, 1.54) is 50.7 Å². The fourth-order valence-corrected chi connectivity index (χ4v) is 4.16. The average molecular weight is 417 g/mol. The largest absolute Gasteiger partial charge is 0.493 e. The second kappa shape index (κ2) is 8.08. The van der Waals surface area contributed by atoms with E-state index in [2.05, 4.69) is 5.32 Å². The van der Waals surface area contributed by atoms with Crippen LogP contribution in [0.15, 0.2) is 42.5 Å². The highest BCUT2D eigenvalue weighted by molar-refractivity contribution is 7.19. The van der Waals surface area contributed by atoms with Crippen LogP contribution in [0.4, 0.5) is 10.1 Å². The van der Waals surface area contributed by atoms with Crippen LogP contribution in [0, 0.1) is 11.2 Å². The number of rotatable bonds is 7. The number of thiophene rings is 1. The molecule has 152 valence electrons. The molecule has 0 saturated carbocycles. The van der Waals surface area contributed by atoms with Crippen LogP contribution in [0.3, 0.4) is 0 Å². The van der Waals surface area contributed by atoms with Crippen molar-refractivity contribution < 1.29 is 28.6 Å². The molecule has 1 unspecified atom stereocenters. The molecule has 6 nitrogen and oxygen atoms in total. The molecule has 0 fully saturated rings. The van der Waals surface area contributed by atoms with Crippen LogP contribution in [-0.2, 0) is 16.0 Å². The first-order valence-electron chi connectivity index (χ1n) is 8.72.